The monoisotopic (exact) mass is 598 g/mol. The van der Waals surface area contributed by atoms with Crippen LogP contribution in [0.2, 0.25) is 0 Å². The van der Waals surface area contributed by atoms with E-state index in [2.05, 4.69) is 125 Å². The lowest BCUT2D eigenvalue weighted by Crippen LogP contribution is -2.28. The van der Waals surface area contributed by atoms with Crippen molar-refractivity contribution in [2.24, 2.45) is 5.92 Å². The zero-order valence-electron chi connectivity index (χ0n) is 29.1. The van der Waals surface area contributed by atoms with Gasteiger partial charge in [0.2, 0.25) is 0 Å². The van der Waals surface area contributed by atoms with Crippen LogP contribution in [0.5, 0.6) is 5.75 Å². The van der Waals surface area contributed by atoms with Crippen molar-refractivity contribution in [3.05, 3.63) is 119 Å². The highest BCUT2D eigenvalue weighted by atomic mass is 16.5. The maximum atomic E-state index is 6.13. The van der Waals surface area contributed by atoms with Crippen molar-refractivity contribution in [3.8, 4) is 5.75 Å². The van der Waals surface area contributed by atoms with E-state index in [1.807, 2.05) is 25.3 Å². The molecule has 4 heteroatoms. The second-order valence-electron chi connectivity index (χ2n) is 11.4. The van der Waals surface area contributed by atoms with E-state index >= 15 is 0 Å². The number of aryl methyl sites for hydroxylation is 2. The second-order valence-corrected chi connectivity index (χ2v) is 11.4. The smallest absolute Gasteiger partial charge is 0.161 e. The van der Waals surface area contributed by atoms with Crippen molar-refractivity contribution in [1.82, 2.24) is 4.90 Å². The van der Waals surface area contributed by atoms with Gasteiger partial charge < -0.3 is 10.1 Å². The first-order valence-corrected chi connectivity index (χ1v) is 16.3. The molecule has 3 aromatic rings. The summed E-state index contributed by atoms with van der Waals surface area (Å²) in [5.41, 5.74) is 9.18. The van der Waals surface area contributed by atoms with E-state index in [4.69, 9.17) is 4.74 Å². The SMILES string of the molecule is C=CC.C=C[N+](=C)CCC(C)C.CC.CCc1c(C)cccc1OCc1ccc(CN2CCc3cc(C)ccc3NC2)cc1. The highest BCUT2D eigenvalue weighted by Crippen LogP contribution is 2.24. The number of rotatable bonds is 10. The number of ether oxygens (including phenoxy) is 1. The van der Waals surface area contributed by atoms with E-state index in [1.54, 1.807) is 12.3 Å². The first kappa shape index (κ1) is 38.4. The molecule has 44 heavy (non-hydrogen) atoms. The largest absolute Gasteiger partial charge is 0.489 e. The average molecular weight is 599 g/mol. The Kier molecular flexibility index (Phi) is 19.2. The Hall–Kier alpha value is -3.63. The Balaban J connectivity index is 0.000000585. The van der Waals surface area contributed by atoms with Crippen LogP contribution in [0.3, 0.4) is 0 Å². The summed E-state index contributed by atoms with van der Waals surface area (Å²) < 4.78 is 7.99. The van der Waals surface area contributed by atoms with Gasteiger partial charge in [-0.1, -0.05) is 94.8 Å². The van der Waals surface area contributed by atoms with Crippen LogP contribution in [-0.2, 0) is 26.0 Å². The van der Waals surface area contributed by atoms with E-state index in [9.17, 15) is 0 Å². The molecule has 3 aromatic carbocycles. The molecule has 1 aliphatic heterocycles. The zero-order valence-corrected chi connectivity index (χ0v) is 29.1. The molecule has 1 heterocycles. The lowest BCUT2D eigenvalue weighted by atomic mass is 10.1. The van der Waals surface area contributed by atoms with E-state index in [0.29, 0.717) is 6.61 Å². The second kappa shape index (κ2) is 22.0. The number of allylic oxidation sites excluding steroid dienone is 1. The molecule has 0 amide bonds. The average Bonchev–Trinajstić information content (AvgIpc) is 3.23. The molecule has 0 saturated carbocycles. The van der Waals surface area contributed by atoms with Crippen LogP contribution in [-0.4, -0.2) is 36.0 Å². The molecular formula is C40H60N3O+. The minimum atomic E-state index is 0.608. The van der Waals surface area contributed by atoms with Gasteiger partial charge in [-0.2, -0.15) is 0 Å². The van der Waals surface area contributed by atoms with Crippen LogP contribution in [0.1, 0.15) is 81.3 Å². The maximum absolute atomic E-state index is 6.13. The molecule has 4 rings (SSSR count). The zero-order chi connectivity index (χ0) is 32.9. The predicted octanol–water partition coefficient (Wildman–Crippen LogP) is 9.98. The summed E-state index contributed by atoms with van der Waals surface area (Å²) in [6.45, 7) is 32.0. The van der Waals surface area contributed by atoms with Crippen molar-refractivity contribution in [3.63, 3.8) is 0 Å². The van der Waals surface area contributed by atoms with Gasteiger partial charge in [0.05, 0.1) is 6.67 Å². The number of nitrogens with one attached hydrogen (secondary N) is 1. The first-order valence-electron chi connectivity index (χ1n) is 16.3. The van der Waals surface area contributed by atoms with Crippen LogP contribution in [0.15, 0.2) is 86.1 Å². The molecule has 0 fully saturated rings. The lowest BCUT2D eigenvalue weighted by molar-refractivity contribution is -0.448. The summed E-state index contributed by atoms with van der Waals surface area (Å²) in [5.74, 6) is 1.77. The molecule has 0 saturated heterocycles. The Labute approximate surface area is 270 Å². The van der Waals surface area contributed by atoms with Gasteiger partial charge in [-0.15, -0.1) is 6.58 Å². The van der Waals surface area contributed by atoms with Crippen molar-refractivity contribution in [2.75, 3.05) is 25.1 Å². The minimum Gasteiger partial charge on any atom is -0.489 e. The molecule has 0 atom stereocenters. The van der Waals surface area contributed by atoms with Crippen molar-refractivity contribution >= 4 is 12.4 Å². The van der Waals surface area contributed by atoms with Crippen LogP contribution >= 0.6 is 0 Å². The third-order valence-electron chi connectivity index (χ3n) is 7.25. The van der Waals surface area contributed by atoms with Crippen LogP contribution in [0, 0.1) is 19.8 Å². The van der Waals surface area contributed by atoms with E-state index < -0.39 is 0 Å². The van der Waals surface area contributed by atoms with Crippen LogP contribution < -0.4 is 10.1 Å². The van der Waals surface area contributed by atoms with Gasteiger partial charge in [-0.3, -0.25) is 4.90 Å². The summed E-state index contributed by atoms with van der Waals surface area (Å²) >= 11 is 0. The Morgan fingerprint density at radius 2 is 1.66 bits per heavy atom. The molecule has 0 unspecified atom stereocenters. The maximum Gasteiger partial charge on any atom is 0.161 e. The molecular weight excluding hydrogens is 538 g/mol. The number of fused-ring (bicyclic) bond motifs is 1. The molecule has 240 valence electrons. The van der Waals surface area contributed by atoms with E-state index in [0.717, 1.165) is 50.8 Å². The van der Waals surface area contributed by atoms with Crippen molar-refractivity contribution in [2.45, 2.75) is 87.8 Å². The molecule has 0 radical (unpaired) electrons. The highest BCUT2D eigenvalue weighted by molar-refractivity contribution is 5.53. The van der Waals surface area contributed by atoms with Crippen LogP contribution in [0.25, 0.3) is 0 Å². The quantitative estimate of drug-likeness (QED) is 0.143. The standard InChI is InChI=1S/C27H32N2O.C8H16N.C3H6.C2H6/c1-4-25-21(3)6-5-7-27(25)30-18-23-11-9-22(10-12-23)17-29-15-14-24-16-20(2)8-13-26(24)28-19-29;1-5-9(4)7-6-8(2)3;1-3-2;1-2/h5-13,16,28H,4,14-15,17-19H2,1-3H3;5,8H,1,4,6-7H2,2-3H3;3H,1H2,2H3;1-2H3/q;+1;;. The number of hydrogen-bond donors (Lipinski definition) is 1. The van der Waals surface area contributed by atoms with E-state index in [1.165, 1.54) is 45.5 Å². The minimum absolute atomic E-state index is 0.608. The van der Waals surface area contributed by atoms with Gasteiger partial charge in [-0.25, -0.2) is 4.58 Å². The summed E-state index contributed by atoms with van der Waals surface area (Å²) in [6, 6.07) is 21.9. The van der Waals surface area contributed by atoms with Crippen molar-refractivity contribution in [1.29, 1.82) is 0 Å². The fourth-order valence-corrected chi connectivity index (χ4v) is 4.73. The Bertz CT molecular complexity index is 1260. The van der Waals surface area contributed by atoms with Gasteiger partial charge in [-0.05, 0) is 86.1 Å². The molecule has 0 aliphatic carbocycles. The molecule has 4 nitrogen and oxygen atoms in total. The molecule has 0 bridgehead atoms. The third kappa shape index (κ3) is 14.2. The van der Waals surface area contributed by atoms with Gasteiger partial charge >= 0.3 is 0 Å². The van der Waals surface area contributed by atoms with Gasteiger partial charge in [0.25, 0.3) is 0 Å². The highest BCUT2D eigenvalue weighted by Gasteiger charge is 2.14. The first-order chi connectivity index (χ1) is 21.2. The van der Waals surface area contributed by atoms with Crippen molar-refractivity contribution < 1.29 is 9.31 Å². The summed E-state index contributed by atoms with van der Waals surface area (Å²) in [4.78, 5) is 2.47. The number of benzene rings is 3. The van der Waals surface area contributed by atoms with Crippen LogP contribution in [0.4, 0.5) is 5.69 Å². The molecule has 0 spiro atoms. The van der Waals surface area contributed by atoms with E-state index in [-0.39, 0.29) is 0 Å². The number of nitrogens with zero attached hydrogens (tertiary/aromatic N) is 2. The Morgan fingerprint density at radius 1 is 1.00 bits per heavy atom. The van der Waals surface area contributed by atoms with Gasteiger partial charge in [0.1, 0.15) is 25.6 Å². The summed E-state index contributed by atoms with van der Waals surface area (Å²) in [6.07, 6.45) is 6.78. The fourth-order valence-electron chi connectivity index (χ4n) is 4.73. The lowest BCUT2D eigenvalue weighted by Gasteiger charge is -2.20. The molecule has 1 aliphatic rings. The normalized spacial score (nSPS) is 11.9. The van der Waals surface area contributed by atoms with Gasteiger partial charge in [0.15, 0.2) is 6.20 Å². The fraction of sp³-hybridized carbons (Fsp3) is 0.425. The molecule has 1 N–H and O–H groups in total. The summed E-state index contributed by atoms with van der Waals surface area (Å²) in [7, 11) is 0. The molecule has 0 aromatic heterocycles. The predicted molar refractivity (Wildman–Crippen MR) is 194 cm³/mol. The summed E-state index contributed by atoms with van der Waals surface area (Å²) in [5, 5.41) is 3.59. The topological polar surface area (TPSA) is 27.5 Å². The number of hydrogen-bond acceptors (Lipinski definition) is 3. The number of anilines is 1. The van der Waals surface area contributed by atoms with Gasteiger partial charge in [0, 0.05) is 25.2 Å². The Morgan fingerprint density at radius 3 is 2.27 bits per heavy atom. The third-order valence-corrected chi connectivity index (χ3v) is 7.25.